The first kappa shape index (κ1) is 19.7. The number of piperazine rings is 1. The number of cyclic esters (lactones) is 1. The first-order valence-electron chi connectivity index (χ1n) is 9.52. The molecule has 152 valence electrons. The third-order valence-corrected chi connectivity index (χ3v) is 6.84. The highest BCUT2D eigenvalue weighted by atomic mass is 79.9. The third-order valence-electron chi connectivity index (χ3n) is 5.91. The zero-order valence-corrected chi connectivity index (χ0v) is 17.9. The van der Waals surface area contributed by atoms with E-state index in [1.165, 1.54) is 4.90 Å². The predicted molar refractivity (Wildman–Crippen MR) is 105 cm³/mol. The van der Waals surface area contributed by atoms with Gasteiger partial charge in [-0.1, -0.05) is 26.8 Å². The van der Waals surface area contributed by atoms with Crippen molar-refractivity contribution in [3.63, 3.8) is 0 Å². The molecule has 1 unspecified atom stereocenters. The van der Waals surface area contributed by atoms with Crippen LogP contribution < -0.4 is 0 Å². The Bertz CT molecular complexity index is 822. The standard InChI is InChI=1S/C20H25BrN2O5/c1-20(2,3)17-14-8-23(19(25)26)7-6-22(14)9-15(28-17)12-5-4-11-13(16(12)21)10-27-18(11)24/h4-5,14-15,17H,6-10H2,1-3H3,(H,25,26)/t14-,15-,17?/m0/s1. The minimum Gasteiger partial charge on any atom is -0.465 e. The molecule has 1 aromatic rings. The van der Waals surface area contributed by atoms with Gasteiger partial charge >= 0.3 is 12.1 Å². The summed E-state index contributed by atoms with van der Waals surface area (Å²) in [5.41, 5.74) is 2.33. The zero-order chi connectivity index (χ0) is 20.2. The second kappa shape index (κ2) is 7.00. The number of nitrogens with zero attached hydrogens (tertiary/aromatic N) is 2. The molecular formula is C20H25BrN2O5. The topological polar surface area (TPSA) is 79.3 Å². The zero-order valence-electron chi connectivity index (χ0n) is 16.3. The van der Waals surface area contributed by atoms with Crippen LogP contribution in [0, 0.1) is 5.41 Å². The highest BCUT2D eigenvalue weighted by Crippen LogP contribution is 2.42. The molecule has 7 nitrogen and oxygen atoms in total. The number of carbonyl (C=O) groups excluding carboxylic acids is 1. The van der Waals surface area contributed by atoms with Crippen molar-refractivity contribution in [1.29, 1.82) is 0 Å². The number of benzene rings is 1. The Morgan fingerprint density at radius 2 is 2.00 bits per heavy atom. The summed E-state index contributed by atoms with van der Waals surface area (Å²) >= 11 is 3.67. The van der Waals surface area contributed by atoms with Gasteiger partial charge in [0, 0.05) is 36.2 Å². The summed E-state index contributed by atoms with van der Waals surface area (Å²) in [4.78, 5) is 27.1. The molecule has 0 aromatic heterocycles. The van der Waals surface area contributed by atoms with Crippen LogP contribution in [-0.2, 0) is 16.1 Å². The first-order chi connectivity index (χ1) is 13.2. The molecular weight excluding hydrogens is 428 g/mol. The largest absolute Gasteiger partial charge is 0.465 e. The van der Waals surface area contributed by atoms with Crippen molar-refractivity contribution in [2.75, 3.05) is 26.2 Å². The second-order valence-electron chi connectivity index (χ2n) is 8.77. The first-order valence-corrected chi connectivity index (χ1v) is 10.3. The number of ether oxygens (including phenoxy) is 2. The number of hydrogen-bond donors (Lipinski definition) is 1. The van der Waals surface area contributed by atoms with E-state index in [4.69, 9.17) is 9.47 Å². The van der Waals surface area contributed by atoms with Gasteiger partial charge < -0.3 is 19.5 Å². The Balaban J connectivity index is 1.65. The van der Waals surface area contributed by atoms with Crippen LogP contribution in [0.15, 0.2) is 16.6 Å². The van der Waals surface area contributed by atoms with Gasteiger partial charge in [0.1, 0.15) is 6.61 Å². The maximum atomic E-state index is 11.8. The van der Waals surface area contributed by atoms with E-state index in [9.17, 15) is 14.7 Å². The van der Waals surface area contributed by atoms with Gasteiger partial charge in [0.15, 0.2) is 0 Å². The molecule has 0 saturated carbocycles. The number of hydrogen-bond acceptors (Lipinski definition) is 5. The molecule has 0 bridgehead atoms. The number of carboxylic acid groups (broad SMARTS) is 1. The van der Waals surface area contributed by atoms with Gasteiger partial charge in [0.2, 0.25) is 0 Å². The molecule has 2 fully saturated rings. The second-order valence-corrected chi connectivity index (χ2v) is 9.57. The molecule has 3 atom stereocenters. The Kier molecular flexibility index (Phi) is 4.92. The minimum atomic E-state index is -0.875. The van der Waals surface area contributed by atoms with E-state index in [0.717, 1.165) is 15.6 Å². The molecule has 1 amide bonds. The average molecular weight is 453 g/mol. The molecule has 0 radical (unpaired) electrons. The minimum absolute atomic E-state index is 0.0270. The summed E-state index contributed by atoms with van der Waals surface area (Å²) in [6.45, 7) is 9.00. The number of esters is 1. The van der Waals surface area contributed by atoms with Crippen LogP contribution in [0.25, 0.3) is 0 Å². The molecule has 8 heteroatoms. The summed E-state index contributed by atoms with van der Waals surface area (Å²) in [6.07, 6.45) is -1.15. The van der Waals surface area contributed by atoms with Crippen molar-refractivity contribution < 1.29 is 24.2 Å². The van der Waals surface area contributed by atoms with E-state index < -0.39 is 6.09 Å². The fourth-order valence-electron chi connectivity index (χ4n) is 4.45. The predicted octanol–water partition coefficient (Wildman–Crippen LogP) is 3.27. The molecule has 3 aliphatic rings. The fourth-order valence-corrected chi connectivity index (χ4v) is 5.16. The van der Waals surface area contributed by atoms with Crippen LogP contribution in [0.2, 0.25) is 0 Å². The van der Waals surface area contributed by atoms with Gasteiger partial charge in [-0.2, -0.15) is 0 Å². The van der Waals surface area contributed by atoms with Gasteiger partial charge in [-0.3, -0.25) is 4.90 Å². The summed E-state index contributed by atoms with van der Waals surface area (Å²) < 4.78 is 12.6. The SMILES string of the molecule is CC(C)(C)C1O[C@H](c2ccc3c(c2Br)COC3=O)CN2CCN(C(=O)O)C[C@@H]12. The number of morpholine rings is 1. The summed E-state index contributed by atoms with van der Waals surface area (Å²) in [5, 5.41) is 9.42. The number of carbonyl (C=O) groups is 2. The van der Waals surface area contributed by atoms with Gasteiger partial charge in [0.05, 0.1) is 23.8 Å². The van der Waals surface area contributed by atoms with Crippen molar-refractivity contribution in [2.24, 2.45) is 5.41 Å². The van der Waals surface area contributed by atoms with Crippen LogP contribution in [0.1, 0.15) is 48.4 Å². The van der Waals surface area contributed by atoms with E-state index in [1.54, 1.807) is 0 Å². The summed E-state index contributed by atoms with van der Waals surface area (Å²) in [7, 11) is 0. The van der Waals surface area contributed by atoms with E-state index in [-0.39, 0.29) is 36.2 Å². The maximum absolute atomic E-state index is 11.8. The van der Waals surface area contributed by atoms with Gasteiger partial charge in [-0.25, -0.2) is 9.59 Å². The maximum Gasteiger partial charge on any atom is 0.407 e. The lowest BCUT2D eigenvalue weighted by molar-refractivity contribution is -0.173. The van der Waals surface area contributed by atoms with E-state index in [1.807, 2.05) is 12.1 Å². The van der Waals surface area contributed by atoms with E-state index in [0.29, 0.717) is 31.7 Å². The molecule has 1 aromatic carbocycles. The Morgan fingerprint density at radius 3 is 2.68 bits per heavy atom. The highest BCUT2D eigenvalue weighted by molar-refractivity contribution is 9.10. The molecule has 2 saturated heterocycles. The van der Waals surface area contributed by atoms with E-state index in [2.05, 4.69) is 41.6 Å². The van der Waals surface area contributed by atoms with Crippen LogP contribution >= 0.6 is 15.9 Å². The molecule has 1 N–H and O–H groups in total. The Morgan fingerprint density at radius 1 is 1.25 bits per heavy atom. The fraction of sp³-hybridized carbons (Fsp3) is 0.600. The average Bonchev–Trinajstić information content (AvgIpc) is 3.01. The van der Waals surface area contributed by atoms with Crippen LogP contribution in [0.3, 0.4) is 0 Å². The highest BCUT2D eigenvalue weighted by Gasteiger charge is 2.46. The molecule has 3 aliphatic heterocycles. The number of rotatable bonds is 1. The molecule has 0 aliphatic carbocycles. The number of halogens is 1. The van der Waals surface area contributed by atoms with Crippen LogP contribution in [0.4, 0.5) is 4.79 Å². The third kappa shape index (κ3) is 3.31. The number of fused-ring (bicyclic) bond motifs is 2. The molecule has 4 rings (SSSR count). The smallest absolute Gasteiger partial charge is 0.407 e. The summed E-state index contributed by atoms with van der Waals surface area (Å²) in [6, 6.07) is 3.78. The summed E-state index contributed by atoms with van der Waals surface area (Å²) in [5.74, 6) is -0.288. The van der Waals surface area contributed by atoms with Gasteiger partial charge in [-0.15, -0.1) is 0 Å². The monoisotopic (exact) mass is 452 g/mol. The lowest BCUT2D eigenvalue weighted by Gasteiger charge is -2.53. The van der Waals surface area contributed by atoms with E-state index >= 15 is 0 Å². The van der Waals surface area contributed by atoms with Gasteiger partial charge in [0.25, 0.3) is 0 Å². The lowest BCUT2D eigenvalue weighted by atomic mass is 9.81. The van der Waals surface area contributed by atoms with Crippen molar-refractivity contribution in [3.8, 4) is 0 Å². The van der Waals surface area contributed by atoms with Crippen molar-refractivity contribution >= 4 is 28.0 Å². The quantitative estimate of drug-likeness (QED) is 0.658. The Hall–Kier alpha value is -1.64. The van der Waals surface area contributed by atoms with Crippen molar-refractivity contribution in [3.05, 3.63) is 33.3 Å². The van der Waals surface area contributed by atoms with Crippen molar-refractivity contribution in [1.82, 2.24) is 9.80 Å². The molecule has 28 heavy (non-hydrogen) atoms. The normalized spacial score (nSPS) is 27.9. The molecule has 3 heterocycles. The Labute approximate surface area is 172 Å². The van der Waals surface area contributed by atoms with Gasteiger partial charge in [-0.05, 0) is 33.0 Å². The molecule has 0 spiro atoms. The lowest BCUT2D eigenvalue weighted by Crippen LogP contribution is -2.65. The van der Waals surface area contributed by atoms with Crippen molar-refractivity contribution in [2.45, 2.75) is 45.6 Å². The van der Waals surface area contributed by atoms with Crippen LogP contribution in [0.5, 0.6) is 0 Å². The number of amides is 1. The van der Waals surface area contributed by atoms with Crippen LogP contribution in [-0.4, -0.2) is 65.3 Å².